The molecule has 0 radical (unpaired) electrons. The van der Waals surface area contributed by atoms with Crippen LogP contribution >= 0.6 is 22.9 Å². The molecule has 0 saturated heterocycles. The molecule has 0 saturated carbocycles. The maximum Gasteiger partial charge on any atom is 0.0812 e. The van der Waals surface area contributed by atoms with Crippen LogP contribution in [0.4, 0.5) is 0 Å². The summed E-state index contributed by atoms with van der Waals surface area (Å²) in [5.74, 6) is 0. The molecule has 0 aliphatic rings. The molecule has 0 atom stereocenters. The van der Waals surface area contributed by atoms with Crippen LogP contribution in [0.1, 0.15) is 0 Å². The predicted molar refractivity (Wildman–Crippen MR) is 26.7 cm³/mol. The summed E-state index contributed by atoms with van der Waals surface area (Å²) in [6.45, 7) is 0.181. The Morgan fingerprint density at radius 3 is 2.20 bits per heavy atom. The maximum atomic E-state index is 8.06. The van der Waals surface area contributed by atoms with Crippen molar-refractivity contribution in [3.8, 4) is 0 Å². The van der Waals surface area contributed by atoms with Crippen LogP contribution in [0.2, 0.25) is 0 Å². The third-order valence-corrected chi connectivity index (χ3v) is 0.545. The van der Waals surface area contributed by atoms with Crippen molar-refractivity contribution in [3.05, 3.63) is 0 Å². The third-order valence-electron chi connectivity index (χ3n) is 0.151. The van der Waals surface area contributed by atoms with Crippen molar-refractivity contribution >= 4 is 22.9 Å². The normalized spacial score (nSPS) is 9.60. The molecule has 0 aliphatic carbocycles. The molecule has 4 heteroatoms. The van der Waals surface area contributed by atoms with E-state index in [1.165, 1.54) is 0 Å². The second-order valence-electron chi connectivity index (χ2n) is 0.519. The zero-order chi connectivity index (χ0) is 4.28. The minimum absolute atomic E-state index is 0.181. The Bertz CT molecular complexity index is 23.6. The van der Waals surface area contributed by atoms with E-state index in [0.717, 1.165) is 3.28 Å². The first-order chi connectivity index (χ1) is 2.27. The molecule has 5 heavy (non-hydrogen) atoms. The minimum Gasteiger partial charge on any atom is -0.316 e. The number of halogens is 1. The zero-order valence-corrected chi connectivity index (χ0v) is 4.71. The summed E-state index contributed by atoms with van der Waals surface area (Å²) < 4.78 is 0.873. The average Bonchev–Trinajstić information content (AvgIpc) is 1.38. The van der Waals surface area contributed by atoms with Gasteiger partial charge in [-0.2, -0.15) is 0 Å². The van der Waals surface area contributed by atoms with Gasteiger partial charge in [0.25, 0.3) is 0 Å². The molecule has 0 aromatic heterocycles. The SMILES string of the molecule is NCN(O)I. The molecule has 0 fully saturated rings. The highest BCUT2D eigenvalue weighted by Crippen LogP contribution is 1.82. The van der Waals surface area contributed by atoms with Crippen molar-refractivity contribution in [3.63, 3.8) is 0 Å². The summed E-state index contributed by atoms with van der Waals surface area (Å²) in [6.07, 6.45) is 0. The lowest BCUT2D eigenvalue weighted by Crippen LogP contribution is -2.14. The summed E-state index contributed by atoms with van der Waals surface area (Å²) >= 11 is 1.67. The van der Waals surface area contributed by atoms with Crippen LogP contribution in [0.15, 0.2) is 0 Å². The van der Waals surface area contributed by atoms with Crippen molar-refractivity contribution in [1.82, 2.24) is 3.28 Å². The number of hydrogen-bond donors (Lipinski definition) is 2. The van der Waals surface area contributed by atoms with Crippen molar-refractivity contribution in [1.29, 1.82) is 0 Å². The van der Waals surface area contributed by atoms with Gasteiger partial charge in [-0.3, -0.25) is 0 Å². The third kappa shape index (κ3) is 4.61. The van der Waals surface area contributed by atoms with E-state index < -0.39 is 0 Å². The molecule has 0 unspecified atom stereocenters. The molecule has 0 rings (SSSR count). The number of rotatable bonds is 1. The van der Waals surface area contributed by atoms with Crippen LogP contribution in [-0.2, 0) is 0 Å². The minimum atomic E-state index is 0.181. The monoisotopic (exact) mass is 188 g/mol. The molecule has 32 valence electrons. The summed E-state index contributed by atoms with van der Waals surface area (Å²) in [5, 5.41) is 8.06. The van der Waals surface area contributed by atoms with Crippen LogP contribution in [0, 0.1) is 0 Å². The van der Waals surface area contributed by atoms with E-state index in [2.05, 4.69) is 0 Å². The van der Waals surface area contributed by atoms with Crippen molar-refractivity contribution in [2.24, 2.45) is 5.73 Å². The van der Waals surface area contributed by atoms with E-state index in [4.69, 9.17) is 10.9 Å². The van der Waals surface area contributed by atoms with E-state index in [1.807, 2.05) is 0 Å². The van der Waals surface area contributed by atoms with Gasteiger partial charge in [0.2, 0.25) is 0 Å². The van der Waals surface area contributed by atoms with Crippen molar-refractivity contribution in [2.45, 2.75) is 0 Å². The lowest BCUT2D eigenvalue weighted by atomic mass is 11.3. The molecule has 3 N–H and O–H groups in total. The molecule has 3 nitrogen and oxygen atoms in total. The fraction of sp³-hybridized carbons (Fsp3) is 1.00. The molecule has 0 amide bonds. The first kappa shape index (κ1) is 5.61. The number of hydrogen-bond acceptors (Lipinski definition) is 3. The number of nitrogens with zero attached hydrogens (tertiary/aromatic N) is 1. The summed E-state index contributed by atoms with van der Waals surface area (Å²) in [4.78, 5) is 0. The van der Waals surface area contributed by atoms with Gasteiger partial charge in [-0.1, -0.05) is 0 Å². The molecule has 0 spiro atoms. The predicted octanol–water partition coefficient (Wildman–Crippen LogP) is -0.0562. The van der Waals surface area contributed by atoms with Gasteiger partial charge >= 0.3 is 0 Å². The van der Waals surface area contributed by atoms with Gasteiger partial charge in [0.1, 0.15) is 0 Å². The topological polar surface area (TPSA) is 49.5 Å². The number of hydroxylamine groups is 1. The smallest absolute Gasteiger partial charge is 0.0812 e. The standard InChI is InChI=1S/CH5IN2O/c2-4(5)1-3/h5H,1,3H2. The Labute approximate surface area is 44.2 Å². The lowest BCUT2D eigenvalue weighted by Gasteiger charge is -1.94. The highest BCUT2D eigenvalue weighted by molar-refractivity contribution is 14.1. The van der Waals surface area contributed by atoms with E-state index in [-0.39, 0.29) is 6.67 Å². The largest absolute Gasteiger partial charge is 0.316 e. The van der Waals surface area contributed by atoms with Gasteiger partial charge in [0.15, 0.2) is 0 Å². The molecule has 0 aromatic rings. The van der Waals surface area contributed by atoms with E-state index in [1.54, 1.807) is 22.9 Å². The Hall–Kier alpha value is 0.610. The number of nitrogens with two attached hydrogens (primary N) is 1. The summed E-state index contributed by atoms with van der Waals surface area (Å²) in [6, 6.07) is 0. The molecular formula is CH5IN2O. The zero-order valence-electron chi connectivity index (χ0n) is 2.56. The first-order valence-electron chi connectivity index (χ1n) is 1.09. The summed E-state index contributed by atoms with van der Waals surface area (Å²) in [7, 11) is 0. The quantitative estimate of drug-likeness (QED) is 0.262. The van der Waals surface area contributed by atoms with Crippen LogP contribution in [0.25, 0.3) is 0 Å². The molecule has 0 heterocycles. The van der Waals surface area contributed by atoms with Gasteiger partial charge in [-0.25, -0.2) is 0 Å². The highest BCUT2D eigenvalue weighted by Gasteiger charge is 1.77. The van der Waals surface area contributed by atoms with Crippen LogP contribution in [-0.4, -0.2) is 15.2 Å². The van der Waals surface area contributed by atoms with Crippen molar-refractivity contribution in [2.75, 3.05) is 6.67 Å². The highest BCUT2D eigenvalue weighted by atomic mass is 127. The lowest BCUT2D eigenvalue weighted by molar-refractivity contribution is 0.0438. The Kier molecular flexibility index (Phi) is 3.17. The molecule has 0 bridgehead atoms. The van der Waals surface area contributed by atoms with Crippen LogP contribution in [0.5, 0.6) is 0 Å². The average molecular weight is 188 g/mol. The first-order valence-corrected chi connectivity index (χ1v) is 2.06. The van der Waals surface area contributed by atoms with Gasteiger partial charge in [-0.05, 0) is 0 Å². The van der Waals surface area contributed by atoms with Gasteiger partial charge in [0.05, 0.1) is 29.5 Å². The Balaban J connectivity index is 2.54. The second kappa shape index (κ2) is 2.83. The summed E-state index contributed by atoms with van der Waals surface area (Å²) in [5.41, 5.74) is 4.84. The van der Waals surface area contributed by atoms with E-state index in [9.17, 15) is 0 Å². The Morgan fingerprint density at radius 1 is 2.00 bits per heavy atom. The van der Waals surface area contributed by atoms with Crippen molar-refractivity contribution < 1.29 is 5.21 Å². The van der Waals surface area contributed by atoms with E-state index >= 15 is 0 Å². The molecule has 0 aromatic carbocycles. The molecular weight excluding hydrogens is 183 g/mol. The van der Waals surface area contributed by atoms with E-state index in [0.29, 0.717) is 0 Å². The van der Waals surface area contributed by atoms with Gasteiger partial charge in [-0.15, -0.1) is 3.28 Å². The van der Waals surface area contributed by atoms with Crippen LogP contribution < -0.4 is 5.73 Å². The molecule has 0 aliphatic heterocycles. The second-order valence-corrected chi connectivity index (χ2v) is 1.63. The van der Waals surface area contributed by atoms with Crippen LogP contribution in [0.3, 0.4) is 0 Å². The fourth-order valence-corrected chi connectivity index (χ4v) is 0. The fourth-order valence-electron chi connectivity index (χ4n) is 0. The van der Waals surface area contributed by atoms with Gasteiger partial charge < -0.3 is 10.9 Å². The Morgan fingerprint density at radius 2 is 2.20 bits per heavy atom. The van der Waals surface area contributed by atoms with Gasteiger partial charge in [0, 0.05) is 0 Å². The maximum absolute atomic E-state index is 8.06.